The van der Waals surface area contributed by atoms with Gasteiger partial charge in [0.25, 0.3) is 0 Å². The van der Waals surface area contributed by atoms with Gasteiger partial charge in [-0.05, 0) is 37.1 Å². The van der Waals surface area contributed by atoms with Crippen LogP contribution in [0.25, 0.3) is 22.7 Å². The first-order chi connectivity index (χ1) is 16.0. The maximum atomic E-state index is 11.7. The Bertz CT molecular complexity index is 1300. The fraction of sp³-hybridized carbons (Fsp3) is 0.250. The van der Waals surface area contributed by atoms with Gasteiger partial charge in [-0.25, -0.2) is 4.79 Å². The monoisotopic (exact) mass is 463 g/mol. The van der Waals surface area contributed by atoms with Gasteiger partial charge < -0.3 is 14.2 Å². The van der Waals surface area contributed by atoms with Crippen LogP contribution in [0.5, 0.6) is 0 Å². The Balaban J connectivity index is 1.41. The quantitative estimate of drug-likeness (QED) is 0.388. The Labute approximate surface area is 195 Å². The molecule has 3 heterocycles. The first-order valence-electron chi connectivity index (χ1n) is 10.6. The van der Waals surface area contributed by atoms with Gasteiger partial charge in [-0.1, -0.05) is 41.0 Å². The van der Waals surface area contributed by atoms with E-state index in [0.29, 0.717) is 22.2 Å². The van der Waals surface area contributed by atoms with Crippen LogP contribution in [0.4, 0.5) is 5.95 Å². The Hall–Kier alpha value is -3.65. The van der Waals surface area contributed by atoms with Crippen LogP contribution in [-0.2, 0) is 11.8 Å². The number of hydrogen-bond acceptors (Lipinski definition) is 7. The molecule has 0 amide bonds. The van der Waals surface area contributed by atoms with Crippen molar-refractivity contribution in [3.05, 3.63) is 70.9 Å². The van der Waals surface area contributed by atoms with Crippen molar-refractivity contribution in [3.8, 4) is 22.7 Å². The molecule has 0 N–H and O–H groups in total. The standard InChI is InChI=1S/C24H22ClN5O3/c1-29-22(15-8-10-16(11-9-15)23(31)32-2)26-27-24(29)30-12-4-7-20(30)19-14-21(33-28-19)17-5-3-6-18(25)13-17/h3,5-6,8-11,13-14,20H,4,7,12H2,1-2H3. The lowest BCUT2D eigenvalue weighted by Crippen LogP contribution is -2.25. The molecule has 1 aliphatic heterocycles. The van der Waals surface area contributed by atoms with Gasteiger partial charge in [0.05, 0.1) is 18.7 Å². The molecule has 1 unspecified atom stereocenters. The van der Waals surface area contributed by atoms with Gasteiger partial charge in [0.2, 0.25) is 5.95 Å². The normalized spacial score (nSPS) is 15.7. The minimum atomic E-state index is -0.370. The Morgan fingerprint density at radius 1 is 1.12 bits per heavy atom. The molecule has 0 saturated carbocycles. The van der Waals surface area contributed by atoms with E-state index < -0.39 is 0 Å². The fourth-order valence-corrected chi connectivity index (χ4v) is 4.42. The molecule has 0 aliphatic carbocycles. The van der Waals surface area contributed by atoms with E-state index in [9.17, 15) is 4.79 Å². The molecule has 1 atom stereocenters. The highest BCUT2D eigenvalue weighted by Crippen LogP contribution is 2.37. The molecule has 2 aromatic carbocycles. The number of ether oxygens (including phenoxy) is 1. The number of methoxy groups -OCH3 is 1. The lowest BCUT2D eigenvalue weighted by Gasteiger charge is -2.23. The van der Waals surface area contributed by atoms with Crippen LogP contribution < -0.4 is 4.90 Å². The van der Waals surface area contributed by atoms with Crippen LogP contribution in [0.15, 0.2) is 59.1 Å². The first-order valence-corrected chi connectivity index (χ1v) is 11.0. The topological polar surface area (TPSA) is 86.3 Å². The number of benzene rings is 2. The van der Waals surface area contributed by atoms with Gasteiger partial charge in [0.15, 0.2) is 11.6 Å². The second-order valence-corrected chi connectivity index (χ2v) is 8.37. The fourth-order valence-electron chi connectivity index (χ4n) is 4.23. The van der Waals surface area contributed by atoms with Crippen LogP contribution in [-0.4, -0.2) is 39.5 Å². The summed E-state index contributed by atoms with van der Waals surface area (Å²) >= 11 is 6.12. The van der Waals surface area contributed by atoms with Gasteiger partial charge in [-0.15, -0.1) is 10.2 Å². The summed E-state index contributed by atoms with van der Waals surface area (Å²) in [7, 11) is 3.30. The van der Waals surface area contributed by atoms with Crippen molar-refractivity contribution in [2.75, 3.05) is 18.6 Å². The van der Waals surface area contributed by atoms with Gasteiger partial charge in [-0.3, -0.25) is 4.57 Å². The molecule has 168 valence electrons. The van der Waals surface area contributed by atoms with Gasteiger partial charge in [-0.2, -0.15) is 0 Å². The first kappa shape index (κ1) is 21.2. The van der Waals surface area contributed by atoms with Crippen molar-refractivity contribution in [2.24, 2.45) is 7.05 Å². The summed E-state index contributed by atoms with van der Waals surface area (Å²) in [5.41, 5.74) is 3.10. The molecule has 4 aromatic rings. The van der Waals surface area contributed by atoms with Crippen molar-refractivity contribution in [3.63, 3.8) is 0 Å². The maximum Gasteiger partial charge on any atom is 0.337 e. The number of esters is 1. The van der Waals surface area contributed by atoms with E-state index in [2.05, 4.69) is 20.3 Å². The number of halogens is 1. The van der Waals surface area contributed by atoms with Crippen LogP contribution in [0.3, 0.4) is 0 Å². The minimum absolute atomic E-state index is 0.0409. The average Bonchev–Trinajstić information content (AvgIpc) is 3.58. The highest BCUT2D eigenvalue weighted by Gasteiger charge is 2.32. The van der Waals surface area contributed by atoms with E-state index in [1.165, 1.54) is 7.11 Å². The summed E-state index contributed by atoms with van der Waals surface area (Å²) in [5.74, 6) is 1.79. The Morgan fingerprint density at radius 3 is 2.70 bits per heavy atom. The number of anilines is 1. The molecular weight excluding hydrogens is 442 g/mol. The number of carbonyl (C=O) groups is 1. The predicted octanol–water partition coefficient (Wildman–Crippen LogP) is 4.92. The smallest absolute Gasteiger partial charge is 0.337 e. The average molecular weight is 464 g/mol. The van der Waals surface area contributed by atoms with E-state index >= 15 is 0 Å². The predicted molar refractivity (Wildman–Crippen MR) is 124 cm³/mol. The Morgan fingerprint density at radius 2 is 1.94 bits per heavy atom. The summed E-state index contributed by atoms with van der Waals surface area (Å²) in [4.78, 5) is 13.9. The number of nitrogens with zero attached hydrogens (tertiary/aromatic N) is 5. The molecule has 1 saturated heterocycles. The highest BCUT2D eigenvalue weighted by atomic mass is 35.5. The van der Waals surface area contributed by atoms with Crippen molar-refractivity contribution < 1.29 is 14.1 Å². The van der Waals surface area contributed by atoms with Crippen LogP contribution >= 0.6 is 11.6 Å². The van der Waals surface area contributed by atoms with Crippen molar-refractivity contribution in [1.29, 1.82) is 0 Å². The summed E-state index contributed by atoms with van der Waals surface area (Å²) in [6, 6.07) is 16.7. The summed E-state index contributed by atoms with van der Waals surface area (Å²) in [5, 5.41) is 13.9. The lowest BCUT2D eigenvalue weighted by molar-refractivity contribution is 0.0600. The zero-order chi connectivity index (χ0) is 22.9. The third kappa shape index (κ3) is 3.98. The molecule has 0 spiro atoms. The zero-order valence-corrected chi connectivity index (χ0v) is 19.0. The molecule has 8 nitrogen and oxygen atoms in total. The van der Waals surface area contributed by atoms with E-state index in [0.717, 1.165) is 42.2 Å². The van der Waals surface area contributed by atoms with Crippen molar-refractivity contribution >= 4 is 23.5 Å². The minimum Gasteiger partial charge on any atom is -0.465 e. The molecular formula is C24H22ClN5O3. The Kier molecular flexibility index (Phi) is 5.60. The second-order valence-electron chi connectivity index (χ2n) is 7.93. The third-order valence-corrected chi connectivity index (χ3v) is 6.14. The van der Waals surface area contributed by atoms with E-state index in [1.54, 1.807) is 12.1 Å². The molecule has 2 aromatic heterocycles. The lowest BCUT2D eigenvalue weighted by atomic mass is 10.1. The molecule has 1 fully saturated rings. The van der Waals surface area contributed by atoms with Crippen LogP contribution in [0.2, 0.25) is 5.02 Å². The van der Waals surface area contributed by atoms with Crippen LogP contribution in [0.1, 0.15) is 34.9 Å². The van der Waals surface area contributed by atoms with E-state index in [1.807, 2.05) is 54.1 Å². The zero-order valence-electron chi connectivity index (χ0n) is 18.2. The van der Waals surface area contributed by atoms with E-state index in [4.69, 9.17) is 20.9 Å². The number of carbonyl (C=O) groups excluding carboxylic acids is 1. The summed E-state index contributed by atoms with van der Waals surface area (Å²) < 4.78 is 12.4. The third-order valence-electron chi connectivity index (χ3n) is 5.90. The van der Waals surface area contributed by atoms with Crippen LogP contribution in [0, 0.1) is 0 Å². The van der Waals surface area contributed by atoms with Crippen molar-refractivity contribution in [2.45, 2.75) is 18.9 Å². The number of hydrogen-bond donors (Lipinski definition) is 0. The van der Waals surface area contributed by atoms with Crippen molar-refractivity contribution in [1.82, 2.24) is 19.9 Å². The molecule has 33 heavy (non-hydrogen) atoms. The van der Waals surface area contributed by atoms with E-state index in [-0.39, 0.29) is 12.0 Å². The summed E-state index contributed by atoms with van der Waals surface area (Å²) in [6.45, 7) is 0.845. The maximum absolute atomic E-state index is 11.7. The van der Waals surface area contributed by atoms with Gasteiger partial charge in [0, 0.05) is 35.8 Å². The molecule has 0 bridgehead atoms. The molecule has 0 radical (unpaired) electrons. The highest BCUT2D eigenvalue weighted by molar-refractivity contribution is 6.30. The number of rotatable bonds is 5. The van der Waals surface area contributed by atoms with Gasteiger partial charge >= 0.3 is 5.97 Å². The van der Waals surface area contributed by atoms with Gasteiger partial charge in [0.1, 0.15) is 5.69 Å². The number of aromatic nitrogens is 4. The SMILES string of the molecule is COC(=O)c1ccc(-c2nnc(N3CCCC3c3cc(-c4cccc(Cl)c4)on3)n2C)cc1. The molecule has 5 rings (SSSR count). The second kappa shape index (κ2) is 8.71. The summed E-state index contributed by atoms with van der Waals surface area (Å²) in [6.07, 6.45) is 1.96. The largest absolute Gasteiger partial charge is 0.465 e. The molecule has 9 heteroatoms. The molecule has 1 aliphatic rings.